The van der Waals surface area contributed by atoms with Crippen molar-refractivity contribution >= 4 is 23.5 Å². The van der Waals surface area contributed by atoms with E-state index in [1.54, 1.807) is 0 Å². The van der Waals surface area contributed by atoms with Crippen LogP contribution in [0.2, 0.25) is 0 Å². The number of halogens is 2. The van der Waals surface area contributed by atoms with Crippen LogP contribution in [0.25, 0.3) is 0 Å². The van der Waals surface area contributed by atoms with Crippen molar-refractivity contribution in [3.05, 3.63) is 69.8 Å². The van der Waals surface area contributed by atoms with Crippen molar-refractivity contribution in [2.75, 3.05) is 6.61 Å². The predicted octanol–water partition coefficient (Wildman–Crippen LogP) is 1.81. The van der Waals surface area contributed by atoms with Crippen molar-refractivity contribution < 1.29 is 37.6 Å². The van der Waals surface area contributed by atoms with Crippen molar-refractivity contribution in [3.63, 3.8) is 0 Å². The maximum absolute atomic E-state index is 12.1. The van der Waals surface area contributed by atoms with Gasteiger partial charge in [0.15, 0.2) is 6.61 Å². The molecule has 12 heteroatoms. The van der Waals surface area contributed by atoms with Crippen LogP contribution in [0.15, 0.2) is 48.5 Å². The molecule has 2 aromatic rings. The van der Waals surface area contributed by atoms with Gasteiger partial charge in [-0.3, -0.25) is 30.6 Å². The van der Waals surface area contributed by atoms with Crippen molar-refractivity contribution in [3.8, 4) is 5.75 Å². The maximum atomic E-state index is 12.1. The normalized spacial score (nSPS) is 10.2. The van der Waals surface area contributed by atoms with Gasteiger partial charge in [0, 0.05) is 17.7 Å². The fourth-order valence-corrected chi connectivity index (χ4v) is 1.98. The Morgan fingerprint density at radius 1 is 1.03 bits per heavy atom. The lowest BCUT2D eigenvalue weighted by Gasteiger charge is -2.09. The number of ether oxygens (including phenoxy) is 2. The predicted molar refractivity (Wildman–Crippen MR) is 92.1 cm³/mol. The first-order valence-electron chi connectivity index (χ1n) is 7.82. The molecule has 152 valence electrons. The molecule has 0 fully saturated rings. The first-order valence-corrected chi connectivity index (χ1v) is 7.82. The zero-order valence-corrected chi connectivity index (χ0v) is 14.5. The number of rotatable bonds is 7. The molecule has 29 heavy (non-hydrogen) atoms. The number of nitro benzene ring substituents is 1. The minimum Gasteiger partial charge on any atom is -0.452 e. The van der Waals surface area contributed by atoms with E-state index in [0.717, 1.165) is 18.2 Å². The van der Waals surface area contributed by atoms with E-state index in [9.17, 15) is 33.3 Å². The monoisotopic (exact) mass is 409 g/mol. The largest absolute Gasteiger partial charge is 0.452 e. The minimum atomic E-state index is -3.01. The van der Waals surface area contributed by atoms with Crippen molar-refractivity contribution in [1.29, 1.82) is 0 Å². The van der Waals surface area contributed by atoms with Crippen LogP contribution in [-0.2, 0) is 9.53 Å². The van der Waals surface area contributed by atoms with Crippen LogP contribution in [0.4, 0.5) is 14.5 Å². The summed E-state index contributed by atoms with van der Waals surface area (Å²) in [5, 5.41) is 10.7. The Hall–Kier alpha value is -4.09. The number of nitrogens with one attached hydrogen (secondary N) is 2. The molecule has 2 N–H and O–H groups in total. The number of carbonyl (C=O) groups is 3. The van der Waals surface area contributed by atoms with Crippen molar-refractivity contribution in [1.82, 2.24) is 10.9 Å². The fraction of sp³-hybridized carbons (Fsp3) is 0.118. The molecule has 0 bridgehead atoms. The number of non-ortho nitro benzene ring substituents is 1. The number of nitro groups is 1. The summed E-state index contributed by atoms with van der Waals surface area (Å²) in [4.78, 5) is 45.3. The zero-order valence-electron chi connectivity index (χ0n) is 14.5. The third-order valence-electron chi connectivity index (χ3n) is 3.28. The molecule has 2 aromatic carbocycles. The summed E-state index contributed by atoms with van der Waals surface area (Å²) < 4.78 is 33.0. The number of hydrogen-bond donors (Lipinski definition) is 2. The van der Waals surface area contributed by atoms with Crippen molar-refractivity contribution in [2.45, 2.75) is 6.61 Å². The number of amides is 2. The van der Waals surface area contributed by atoms with E-state index in [-0.39, 0.29) is 22.6 Å². The molecule has 0 heterocycles. The summed E-state index contributed by atoms with van der Waals surface area (Å²) in [5.41, 5.74) is 3.61. The number of carbonyl (C=O) groups excluding carboxylic acids is 3. The Morgan fingerprint density at radius 2 is 1.72 bits per heavy atom. The summed E-state index contributed by atoms with van der Waals surface area (Å²) in [6.07, 6.45) is 0. The number of alkyl halides is 2. The van der Waals surface area contributed by atoms with E-state index < -0.39 is 35.9 Å². The highest BCUT2D eigenvalue weighted by atomic mass is 19.3. The summed E-state index contributed by atoms with van der Waals surface area (Å²) in [7, 11) is 0. The minimum absolute atomic E-state index is 0.0138. The molecule has 2 amide bonds. The van der Waals surface area contributed by atoms with Gasteiger partial charge in [0.2, 0.25) is 0 Å². The molecular formula is C17H13F2N3O7. The summed E-state index contributed by atoms with van der Waals surface area (Å²) in [6, 6.07) is 9.41. The average Bonchev–Trinajstić information content (AvgIpc) is 2.70. The van der Waals surface area contributed by atoms with Crippen LogP contribution in [0.1, 0.15) is 20.7 Å². The third-order valence-corrected chi connectivity index (χ3v) is 3.28. The molecule has 0 aliphatic carbocycles. The van der Waals surface area contributed by atoms with Gasteiger partial charge in [0.25, 0.3) is 17.5 Å². The Bertz CT molecular complexity index is 919. The van der Waals surface area contributed by atoms with Gasteiger partial charge in [-0.25, -0.2) is 4.79 Å². The van der Waals surface area contributed by atoms with Crippen LogP contribution in [0.3, 0.4) is 0 Å². The molecular weight excluding hydrogens is 396 g/mol. The highest BCUT2D eigenvalue weighted by Crippen LogP contribution is 2.15. The van der Waals surface area contributed by atoms with Crippen LogP contribution in [0, 0.1) is 10.1 Å². The van der Waals surface area contributed by atoms with E-state index >= 15 is 0 Å². The Morgan fingerprint density at radius 3 is 2.34 bits per heavy atom. The molecule has 0 saturated carbocycles. The molecule has 0 atom stereocenters. The lowest BCUT2D eigenvalue weighted by atomic mass is 10.2. The van der Waals surface area contributed by atoms with E-state index in [2.05, 4.69) is 4.74 Å². The van der Waals surface area contributed by atoms with Gasteiger partial charge in [0.1, 0.15) is 5.75 Å². The van der Waals surface area contributed by atoms with Gasteiger partial charge in [-0.1, -0.05) is 6.07 Å². The lowest BCUT2D eigenvalue weighted by molar-refractivity contribution is -0.384. The van der Waals surface area contributed by atoms with Gasteiger partial charge in [-0.2, -0.15) is 8.78 Å². The molecule has 0 unspecified atom stereocenters. The number of benzene rings is 2. The summed E-state index contributed by atoms with van der Waals surface area (Å²) >= 11 is 0. The topological polar surface area (TPSA) is 137 Å². The van der Waals surface area contributed by atoms with E-state index in [1.807, 2.05) is 10.9 Å². The van der Waals surface area contributed by atoms with Crippen LogP contribution >= 0.6 is 0 Å². The summed E-state index contributed by atoms with van der Waals surface area (Å²) in [5.74, 6) is -2.76. The third kappa shape index (κ3) is 6.53. The van der Waals surface area contributed by atoms with Crippen LogP contribution in [0.5, 0.6) is 5.75 Å². The standard InChI is InChI=1S/C17H13F2N3O7/c18-17(19)29-13-6-4-10(5-7-13)16(25)28-9-14(23)20-21-15(24)11-2-1-3-12(8-11)22(26)27/h1-8,17H,9H2,(H,20,23)(H,21,24). The maximum Gasteiger partial charge on any atom is 0.387 e. The molecule has 0 aliphatic heterocycles. The molecule has 0 radical (unpaired) electrons. The highest BCUT2D eigenvalue weighted by molar-refractivity contribution is 5.96. The second-order valence-electron chi connectivity index (χ2n) is 5.29. The molecule has 10 nitrogen and oxygen atoms in total. The molecule has 0 aromatic heterocycles. The zero-order chi connectivity index (χ0) is 21.4. The summed E-state index contributed by atoms with van der Waals surface area (Å²) in [6.45, 7) is -3.75. The quantitative estimate of drug-likeness (QED) is 0.404. The van der Waals surface area contributed by atoms with Crippen LogP contribution in [-0.4, -0.2) is 35.9 Å². The van der Waals surface area contributed by atoms with Gasteiger partial charge in [0.05, 0.1) is 10.5 Å². The first-order chi connectivity index (χ1) is 13.8. The van der Waals surface area contributed by atoms with Crippen LogP contribution < -0.4 is 15.6 Å². The highest BCUT2D eigenvalue weighted by Gasteiger charge is 2.14. The second kappa shape index (κ2) is 9.73. The van der Waals surface area contributed by atoms with Crippen molar-refractivity contribution in [2.24, 2.45) is 0 Å². The number of esters is 1. The molecule has 0 spiro atoms. The lowest BCUT2D eigenvalue weighted by Crippen LogP contribution is -2.43. The average molecular weight is 409 g/mol. The van der Waals surface area contributed by atoms with E-state index in [0.29, 0.717) is 0 Å². The van der Waals surface area contributed by atoms with Gasteiger partial charge < -0.3 is 9.47 Å². The first kappa shape index (κ1) is 21.2. The number of hydrogen-bond acceptors (Lipinski definition) is 7. The Labute approximate surface area is 161 Å². The van der Waals surface area contributed by atoms with E-state index in [4.69, 9.17) is 4.74 Å². The molecule has 2 rings (SSSR count). The number of hydrazine groups is 1. The van der Waals surface area contributed by atoms with E-state index in [1.165, 1.54) is 30.3 Å². The Balaban J connectivity index is 1.80. The van der Waals surface area contributed by atoms with Gasteiger partial charge in [-0.15, -0.1) is 0 Å². The fourth-order valence-electron chi connectivity index (χ4n) is 1.98. The van der Waals surface area contributed by atoms with Gasteiger partial charge in [-0.05, 0) is 30.3 Å². The Kier molecular flexibility index (Phi) is 7.12. The molecule has 0 aliphatic rings. The second-order valence-corrected chi connectivity index (χ2v) is 5.29. The smallest absolute Gasteiger partial charge is 0.387 e. The molecule has 0 saturated heterocycles. The van der Waals surface area contributed by atoms with Gasteiger partial charge >= 0.3 is 12.6 Å². The number of nitrogens with zero attached hydrogens (tertiary/aromatic N) is 1. The SMILES string of the molecule is O=C(COC(=O)c1ccc(OC(F)F)cc1)NNC(=O)c1cccc([N+](=O)[O-])c1.